The van der Waals surface area contributed by atoms with Crippen LogP contribution in [0.15, 0.2) is 51.8 Å². The van der Waals surface area contributed by atoms with Crippen molar-refractivity contribution in [1.82, 2.24) is 0 Å². The Balaban J connectivity index is 1.96. The van der Waals surface area contributed by atoms with Gasteiger partial charge < -0.3 is 9.47 Å². The Hall–Kier alpha value is -2.25. The number of amides is 2. The molecule has 0 saturated carbocycles. The molecule has 0 spiro atoms. The van der Waals surface area contributed by atoms with Gasteiger partial charge in [-0.3, -0.25) is 9.59 Å². The van der Waals surface area contributed by atoms with E-state index in [9.17, 15) is 9.59 Å². The molecule has 2 aromatic carbocycles. The summed E-state index contributed by atoms with van der Waals surface area (Å²) in [4.78, 5) is 26.4. The Morgan fingerprint density at radius 3 is 2.44 bits per heavy atom. The normalized spacial score (nSPS) is 15.8. The van der Waals surface area contributed by atoms with Gasteiger partial charge >= 0.3 is 0 Å². The van der Waals surface area contributed by atoms with E-state index in [1.54, 1.807) is 49.6 Å². The van der Waals surface area contributed by atoms with Crippen molar-refractivity contribution in [2.24, 2.45) is 0 Å². The van der Waals surface area contributed by atoms with E-state index in [4.69, 9.17) is 9.47 Å². The molecule has 0 atom stereocenters. The summed E-state index contributed by atoms with van der Waals surface area (Å²) < 4.78 is 11.3. The Morgan fingerprint density at radius 1 is 1.08 bits per heavy atom. The smallest absolute Gasteiger partial charge is 0.298 e. The summed E-state index contributed by atoms with van der Waals surface area (Å²) in [5, 5.41) is -0.318. The minimum Gasteiger partial charge on any atom is -0.493 e. The van der Waals surface area contributed by atoms with E-state index in [1.165, 1.54) is 12.0 Å². The van der Waals surface area contributed by atoms with Crippen molar-refractivity contribution >= 4 is 50.6 Å². The predicted molar refractivity (Wildman–Crippen MR) is 102 cm³/mol. The lowest BCUT2D eigenvalue weighted by molar-refractivity contribution is -0.113. The Morgan fingerprint density at radius 2 is 1.80 bits per heavy atom. The number of anilines is 1. The van der Waals surface area contributed by atoms with Crippen LogP contribution < -0.4 is 14.4 Å². The van der Waals surface area contributed by atoms with E-state index in [0.29, 0.717) is 26.6 Å². The van der Waals surface area contributed by atoms with Crippen molar-refractivity contribution < 1.29 is 19.1 Å². The number of benzene rings is 2. The van der Waals surface area contributed by atoms with E-state index in [-0.39, 0.29) is 11.1 Å². The van der Waals surface area contributed by atoms with Crippen molar-refractivity contribution in [2.75, 3.05) is 19.1 Å². The van der Waals surface area contributed by atoms with E-state index in [0.717, 1.165) is 17.3 Å². The van der Waals surface area contributed by atoms with E-state index in [2.05, 4.69) is 15.9 Å². The van der Waals surface area contributed by atoms with Crippen LogP contribution in [0.4, 0.5) is 10.5 Å². The third kappa shape index (κ3) is 3.43. The Bertz CT molecular complexity index is 867. The number of imide groups is 1. The highest BCUT2D eigenvalue weighted by Gasteiger charge is 2.36. The number of rotatable bonds is 4. The molecule has 1 fully saturated rings. The van der Waals surface area contributed by atoms with Crippen LogP contribution in [0.1, 0.15) is 5.56 Å². The number of para-hydroxylation sites is 1. The summed E-state index contributed by atoms with van der Waals surface area (Å²) in [6, 6.07) is 12.4. The van der Waals surface area contributed by atoms with Crippen molar-refractivity contribution in [2.45, 2.75) is 0 Å². The van der Waals surface area contributed by atoms with Crippen molar-refractivity contribution in [3.05, 3.63) is 57.4 Å². The van der Waals surface area contributed by atoms with Gasteiger partial charge in [0.15, 0.2) is 11.5 Å². The number of carbonyl (C=O) groups excluding carboxylic acids is 2. The van der Waals surface area contributed by atoms with Crippen LogP contribution in [0.3, 0.4) is 0 Å². The number of hydrogen-bond acceptors (Lipinski definition) is 5. The van der Waals surface area contributed by atoms with Crippen molar-refractivity contribution in [1.29, 1.82) is 0 Å². The second-order valence-electron chi connectivity index (χ2n) is 5.09. The largest absolute Gasteiger partial charge is 0.493 e. The molecular weight excluding hydrogens is 406 g/mol. The minimum absolute atomic E-state index is 0.318. The number of carbonyl (C=O) groups is 2. The molecule has 2 amide bonds. The van der Waals surface area contributed by atoms with Crippen LogP contribution in [0.2, 0.25) is 0 Å². The molecule has 0 N–H and O–H groups in total. The van der Waals surface area contributed by atoms with E-state index >= 15 is 0 Å². The number of nitrogens with zero attached hydrogens (tertiary/aromatic N) is 1. The molecule has 1 heterocycles. The second kappa shape index (κ2) is 7.33. The molecule has 0 radical (unpaired) electrons. The van der Waals surface area contributed by atoms with Gasteiger partial charge in [0.2, 0.25) is 0 Å². The fraction of sp³-hybridized carbons (Fsp3) is 0.111. The highest BCUT2D eigenvalue weighted by molar-refractivity contribution is 9.10. The van der Waals surface area contributed by atoms with Gasteiger partial charge in [0.25, 0.3) is 11.1 Å². The SMILES string of the molecule is COc1cc(/C=C2/SC(=O)N(c3ccccc3)C2=O)cc(Br)c1OC. The molecule has 1 aliphatic heterocycles. The zero-order chi connectivity index (χ0) is 18.0. The maximum absolute atomic E-state index is 12.6. The summed E-state index contributed by atoms with van der Waals surface area (Å²) in [6.45, 7) is 0. The average molecular weight is 420 g/mol. The maximum Gasteiger partial charge on any atom is 0.298 e. The van der Waals surface area contributed by atoms with Crippen LogP contribution in [-0.4, -0.2) is 25.4 Å². The molecule has 0 aliphatic carbocycles. The summed E-state index contributed by atoms with van der Waals surface area (Å²) in [5.74, 6) is 0.759. The predicted octanol–water partition coefficient (Wildman–Crippen LogP) is 4.71. The molecule has 0 unspecified atom stereocenters. The fourth-order valence-corrected chi connectivity index (χ4v) is 3.90. The van der Waals surface area contributed by atoms with Gasteiger partial charge in [0, 0.05) is 0 Å². The van der Waals surface area contributed by atoms with Crippen LogP contribution in [0.25, 0.3) is 6.08 Å². The number of hydrogen-bond donors (Lipinski definition) is 0. The molecule has 7 heteroatoms. The molecule has 1 saturated heterocycles. The zero-order valence-corrected chi connectivity index (χ0v) is 15.9. The number of ether oxygens (including phenoxy) is 2. The molecular formula is C18H14BrNO4S. The van der Waals surface area contributed by atoms with Crippen LogP contribution >= 0.6 is 27.7 Å². The third-order valence-electron chi connectivity index (χ3n) is 3.56. The summed E-state index contributed by atoms with van der Waals surface area (Å²) >= 11 is 4.33. The van der Waals surface area contributed by atoms with E-state index in [1.807, 2.05) is 6.07 Å². The summed E-state index contributed by atoms with van der Waals surface area (Å²) in [7, 11) is 3.09. The summed E-state index contributed by atoms with van der Waals surface area (Å²) in [5.41, 5.74) is 1.28. The van der Waals surface area contributed by atoms with Gasteiger partial charge in [-0.05, 0) is 63.6 Å². The minimum atomic E-state index is -0.341. The fourth-order valence-electron chi connectivity index (χ4n) is 2.44. The quantitative estimate of drug-likeness (QED) is 0.671. The first-order valence-electron chi connectivity index (χ1n) is 7.29. The second-order valence-corrected chi connectivity index (χ2v) is 6.94. The van der Waals surface area contributed by atoms with Crippen LogP contribution in [0, 0.1) is 0 Å². The lowest BCUT2D eigenvalue weighted by atomic mass is 10.2. The van der Waals surface area contributed by atoms with Gasteiger partial charge in [-0.15, -0.1) is 0 Å². The number of halogens is 1. The molecule has 5 nitrogen and oxygen atoms in total. The highest BCUT2D eigenvalue weighted by atomic mass is 79.9. The molecule has 0 aromatic heterocycles. The van der Waals surface area contributed by atoms with Gasteiger partial charge in [0.05, 0.1) is 29.3 Å². The van der Waals surface area contributed by atoms with Crippen LogP contribution in [-0.2, 0) is 4.79 Å². The Labute approximate surface area is 157 Å². The van der Waals surface area contributed by atoms with Gasteiger partial charge in [0.1, 0.15) is 0 Å². The molecule has 2 aromatic rings. The third-order valence-corrected chi connectivity index (χ3v) is 5.02. The standard InChI is InChI=1S/C18H14BrNO4S/c1-23-14-9-11(8-13(19)16(14)24-2)10-15-17(21)20(18(22)25-15)12-6-4-3-5-7-12/h3-10H,1-2H3/b15-10+. The first-order chi connectivity index (χ1) is 12.0. The average Bonchev–Trinajstić information content (AvgIpc) is 2.88. The summed E-state index contributed by atoms with van der Waals surface area (Å²) in [6.07, 6.45) is 1.67. The maximum atomic E-state index is 12.6. The zero-order valence-electron chi connectivity index (χ0n) is 13.5. The number of methoxy groups -OCH3 is 2. The molecule has 1 aliphatic rings. The van der Waals surface area contributed by atoms with Crippen LogP contribution in [0.5, 0.6) is 11.5 Å². The highest BCUT2D eigenvalue weighted by Crippen LogP contribution is 2.39. The lowest BCUT2D eigenvalue weighted by Gasteiger charge is -2.12. The molecule has 25 heavy (non-hydrogen) atoms. The number of thioether (sulfide) groups is 1. The molecule has 128 valence electrons. The topological polar surface area (TPSA) is 55.8 Å². The van der Waals surface area contributed by atoms with E-state index < -0.39 is 0 Å². The van der Waals surface area contributed by atoms with Crippen molar-refractivity contribution in [3.8, 4) is 11.5 Å². The Kier molecular flexibility index (Phi) is 5.15. The van der Waals surface area contributed by atoms with Gasteiger partial charge in [-0.2, -0.15) is 0 Å². The van der Waals surface area contributed by atoms with Gasteiger partial charge in [-0.1, -0.05) is 18.2 Å². The van der Waals surface area contributed by atoms with Crippen molar-refractivity contribution in [3.63, 3.8) is 0 Å². The first kappa shape index (κ1) is 17.6. The monoisotopic (exact) mass is 419 g/mol. The van der Waals surface area contributed by atoms with Gasteiger partial charge in [-0.25, -0.2) is 4.90 Å². The lowest BCUT2D eigenvalue weighted by Crippen LogP contribution is -2.27. The molecule has 3 rings (SSSR count). The molecule has 0 bridgehead atoms. The first-order valence-corrected chi connectivity index (χ1v) is 8.90.